The first kappa shape index (κ1) is 13.2. The Kier molecular flexibility index (Phi) is 4.15. The first-order chi connectivity index (χ1) is 7.36. The van der Waals surface area contributed by atoms with Gasteiger partial charge in [-0.2, -0.15) is 0 Å². The third-order valence-electron chi connectivity index (χ3n) is 3.42. The molecule has 1 nitrogen and oxygen atoms in total. The smallest absolute Gasteiger partial charge is 0.00440 e. The Balaban J connectivity index is 2.97. The second-order valence-electron chi connectivity index (χ2n) is 5.60. The van der Waals surface area contributed by atoms with E-state index >= 15 is 0 Å². The van der Waals surface area contributed by atoms with Gasteiger partial charge >= 0.3 is 0 Å². The Morgan fingerprint density at radius 3 is 2.38 bits per heavy atom. The Labute approximate surface area is 100 Å². The van der Waals surface area contributed by atoms with Gasteiger partial charge in [-0.15, -0.1) is 0 Å². The van der Waals surface area contributed by atoms with E-state index in [1.54, 1.807) is 0 Å². The van der Waals surface area contributed by atoms with Crippen molar-refractivity contribution in [3.8, 4) is 0 Å². The molecular weight excluding hydrogens is 194 g/mol. The van der Waals surface area contributed by atoms with Crippen LogP contribution >= 0.6 is 0 Å². The average molecular weight is 219 g/mol. The van der Waals surface area contributed by atoms with Gasteiger partial charge in [0.1, 0.15) is 0 Å². The Bertz CT molecular complexity index is 352. The van der Waals surface area contributed by atoms with E-state index in [1.807, 2.05) is 7.05 Å². The molecule has 0 aromatic heterocycles. The van der Waals surface area contributed by atoms with Crippen LogP contribution in [0.25, 0.3) is 0 Å². The van der Waals surface area contributed by atoms with E-state index in [2.05, 4.69) is 58.1 Å². The molecular formula is C15H25N. The van der Waals surface area contributed by atoms with Crippen molar-refractivity contribution < 1.29 is 0 Å². The van der Waals surface area contributed by atoms with E-state index in [0.717, 1.165) is 6.42 Å². The molecule has 90 valence electrons. The number of aryl methyl sites for hydroxylation is 2. The van der Waals surface area contributed by atoms with Gasteiger partial charge in [-0.25, -0.2) is 0 Å². The maximum atomic E-state index is 3.32. The molecule has 1 heteroatoms. The van der Waals surface area contributed by atoms with E-state index in [9.17, 15) is 0 Å². The van der Waals surface area contributed by atoms with Crippen LogP contribution in [0.15, 0.2) is 18.2 Å². The number of benzene rings is 1. The van der Waals surface area contributed by atoms with Crippen LogP contribution in [0.3, 0.4) is 0 Å². The molecule has 0 heterocycles. The molecule has 0 bridgehead atoms. The van der Waals surface area contributed by atoms with E-state index in [-0.39, 0.29) is 5.41 Å². The number of hydrogen-bond acceptors (Lipinski definition) is 1. The molecule has 16 heavy (non-hydrogen) atoms. The molecule has 0 radical (unpaired) electrons. The van der Waals surface area contributed by atoms with Crippen LogP contribution in [-0.4, -0.2) is 13.1 Å². The molecule has 0 spiro atoms. The minimum Gasteiger partial charge on any atom is -0.317 e. The van der Waals surface area contributed by atoms with Gasteiger partial charge in [-0.3, -0.25) is 0 Å². The zero-order chi connectivity index (χ0) is 12.3. The lowest BCUT2D eigenvalue weighted by molar-refractivity contribution is 0.404. The summed E-state index contributed by atoms with van der Waals surface area (Å²) in [4.78, 5) is 0. The molecule has 1 N–H and O–H groups in total. The summed E-state index contributed by atoms with van der Waals surface area (Å²) >= 11 is 0. The fourth-order valence-electron chi connectivity index (χ4n) is 2.55. The van der Waals surface area contributed by atoms with Gasteiger partial charge in [-0.05, 0) is 50.8 Å². The predicted molar refractivity (Wildman–Crippen MR) is 72.1 cm³/mol. The Morgan fingerprint density at radius 2 is 1.88 bits per heavy atom. The van der Waals surface area contributed by atoms with Crippen LogP contribution in [0.5, 0.6) is 0 Å². The van der Waals surface area contributed by atoms with Crippen molar-refractivity contribution in [1.29, 1.82) is 0 Å². The maximum Gasteiger partial charge on any atom is 0.00440 e. The quantitative estimate of drug-likeness (QED) is 0.816. The van der Waals surface area contributed by atoms with E-state index in [0.29, 0.717) is 6.04 Å². The molecule has 1 aromatic rings. The van der Waals surface area contributed by atoms with Crippen molar-refractivity contribution in [3.63, 3.8) is 0 Å². The zero-order valence-electron chi connectivity index (χ0n) is 11.5. The summed E-state index contributed by atoms with van der Waals surface area (Å²) in [7, 11) is 2.03. The summed E-state index contributed by atoms with van der Waals surface area (Å²) in [5.74, 6) is 0. The van der Waals surface area contributed by atoms with Gasteiger partial charge in [0.2, 0.25) is 0 Å². The minimum absolute atomic E-state index is 0.236. The van der Waals surface area contributed by atoms with Gasteiger partial charge < -0.3 is 5.32 Å². The average Bonchev–Trinajstić information content (AvgIpc) is 2.16. The Morgan fingerprint density at radius 1 is 1.25 bits per heavy atom. The van der Waals surface area contributed by atoms with Crippen molar-refractivity contribution in [1.82, 2.24) is 5.32 Å². The summed E-state index contributed by atoms with van der Waals surface area (Å²) in [5.41, 5.74) is 4.47. The monoisotopic (exact) mass is 219 g/mol. The summed E-state index contributed by atoms with van der Waals surface area (Å²) in [6, 6.07) is 7.33. The third kappa shape index (κ3) is 3.08. The number of rotatable bonds is 4. The van der Waals surface area contributed by atoms with Gasteiger partial charge in [0.25, 0.3) is 0 Å². The van der Waals surface area contributed by atoms with Crippen LogP contribution < -0.4 is 5.32 Å². The SMILES string of the molecule is CNC(C)CC(C)(C)c1ccc(C)cc1C. The minimum atomic E-state index is 0.236. The second-order valence-corrected chi connectivity index (χ2v) is 5.60. The predicted octanol–water partition coefficient (Wildman–Crippen LogP) is 3.58. The molecule has 0 aliphatic carbocycles. The summed E-state index contributed by atoms with van der Waals surface area (Å²) in [5, 5.41) is 3.32. The first-order valence-electron chi connectivity index (χ1n) is 6.12. The van der Waals surface area contributed by atoms with Crippen molar-refractivity contribution >= 4 is 0 Å². The fraction of sp³-hybridized carbons (Fsp3) is 0.600. The second kappa shape index (κ2) is 5.01. The van der Waals surface area contributed by atoms with Crippen molar-refractivity contribution in [2.24, 2.45) is 0 Å². The molecule has 0 amide bonds. The highest BCUT2D eigenvalue weighted by Crippen LogP contribution is 2.31. The lowest BCUT2D eigenvalue weighted by atomic mass is 9.77. The molecule has 0 saturated carbocycles. The Hall–Kier alpha value is -0.820. The largest absolute Gasteiger partial charge is 0.317 e. The summed E-state index contributed by atoms with van der Waals surface area (Å²) < 4.78 is 0. The van der Waals surface area contributed by atoms with Gasteiger partial charge in [-0.1, -0.05) is 37.6 Å². The first-order valence-corrected chi connectivity index (χ1v) is 6.12. The number of hydrogen-bond donors (Lipinski definition) is 1. The molecule has 0 aliphatic rings. The molecule has 1 rings (SSSR count). The van der Waals surface area contributed by atoms with E-state index < -0.39 is 0 Å². The number of nitrogens with one attached hydrogen (secondary N) is 1. The topological polar surface area (TPSA) is 12.0 Å². The standard InChI is InChI=1S/C15H25N/c1-11-7-8-14(12(2)9-11)15(4,5)10-13(3)16-6/h7-9,13,16H,10H2,1-6H3. The normalized spacial score (nSPS) is 13.9. The van der Waals surface area contributed by atoms with Crippen LogP contribution in [-0.2, 0) is 5.41 Å². The van der Waals surface area contributed by atoms with Gasteiger partial charge in [0, 0.05) is 6.04 Å². The van der Waals surface area contributed by atoms with Crippen molar-refractivity contribution in [2.75, 3.05) is 7.05 Å². The maximum absolute atomic E-state index is 3.32. The summed E-state index contributed by atoms with van der Waals surface area (Å²) in [6.07, 6.45) is 1.16. The van der Waals surface area contributed by atoms with Gasteiger partial charge in [0.05, 0.1) is 0 Å². The highest BCUT2D eigenvalue weighted by atomic mass is 14.9. The lowest BCUT2D eigenvalue weighted by Gasteiger charge is -2.30. The van der Waals surface area contributed by atoms with E-state index in [4.69, 9.17) is 0 Å². The van der Waals surface area contributed by atoms with Crippen LogP contribution in [0.1, 0.15) is 43.9 Å². The van der Waals surface area contributed by atoms with Crippen LogP contribution in [0.4, 0.5) is 0 Å². The third-order valence-corrected chi connectivity index (χ3v) is 3.42. The highest BCUT2D eigenvalue weighted by molar-refractivity contribution is 5.35. The molecule has 1 unspecified atom stereocenters. The molecule has 0 fully saturated rings. The van der Waals surface area contributed by atoms with Gasteiger partial charge in [0.15, 0.2) is 0 Å². The van der Waals surface area contributed by atoms with Crippen LogP contribution in [0.2, 0.25) is 0 Å². The molecule has 1 atom stereocenters. The zero-order valence-corrected chi connectivity index (χ0v) is 11.5. The molecule has 0 saturated heterocycles. The fourth-order valence-corrected chi connectivity index (χ4v) is 2.55. The molecule has 0 aliphatic heterocycles. The van der Waals surface area contributed by atoms with Crippen molar-refractivity contribution in [3.05, 3.63) is 34.9 Å². The highest BCUT2D eigenvalue weighted by Gasteiger charge is 2.24. The molecule has 1 aromatic carbocycles. The van der Waals surface area contributed by atoms with Crippen molar-refractivity contribution in [2.45, 2.75) is 52.5 Å². The summed E-state index contributed by atoms with van der Waals surface area (Å²) in [6.45, 7) is 11.3. The van der Waals surface area contributed by atoms with E-state index in [1.165, 1.54) is 16.7 Å². The van der Waals surface area contributed by atoms with Crippen LogP contribution in [0, 0.1) is 13.8 Å². The lowest BCUT2D eigenvalue weighted by Crippen LogP contribution is -2.31.